The summed E-state index contributed by atoms with van der Waals surface area (Å²) < 4.78 is 0. The first-order valence-electron chi connectivity index (χ1n) is 7.53. The molecule has 0 bridgehead atoms. The van der Waals surface area contributed by atoms with E-state index in [1.807, 2.05) is 18.0 Å². The summed E-state index contributed by atoms with van der Waals surface area (Å²) >= 11 is 1.81. The monoisotopic (exact) mass is 300 g/mol. The molecule has 3 heteroatoms. The maximum absolute atomic E-state index is 4.62. The molecule has 112 valence electrons. The molecule has 2 rings (SSSR count). The highest BCUT2D eigenvalue weighted by atomic mass is 32.2. The van der Waals surface area contributed by atoms with Gasteiger partial charge in [-0.2, -0.15) is 0 Å². The lowest BCUT2D eigenvalue weighted by Crippen LogP contribution is -2.14. The molecule has 0 atom stereocenters. The predicted octanol–water partition coefficient (Wildman–Crippen LogP) is 4.49. The van der Waals surface area contributed by atoms with Crippen LogP contribution in [0.3, 0.4) is 0 Å². The summed E-state index contributed by atoms with van der Waals surface area (Å²) in [6.07, 6.45) is 3.16. The smallest absolute Gasteiger partial charge is 0.0992 e. The largest absolute Gasteiger partial charge is 0.313 e. The average Bonchev–Trinajstić information content (AvgIpc) is 2.47. The average molecular weight is 300 g/mol. The molecular weight excluding hydrogens is 276 g/mol. The van der Waals surface area contributed by atoms with Crippen molar-refractivity contribution in [1.29, 1.82) is 0 Å². The number of aryl methyl sites for hydroxylation is 2. The van der Waals surface area contributed by atoms with E-state index < -0.39 is 0 Å². The van der Waals surface area contributed by atoms with Gasteiger partial charge < -0.3 is 5.32 Å². The lowest BCUT2D eigenvalue weighted by molar-refractivity contribution is 0.672. The Kier molecular flexibility index (Phi) is 6.27. The van der Waals surface area contributed by atoms with Crippen LogP contribution in [0.25, 0.3) is 0 Å². The molecule has 0 saturated heterocycles. The quantitative estimate of drug-likeness (QED) is 0.602. The zero-order valence-corrected chi connectivity index (χ0v) is 14.0. The first kappa shape index (κ1) is 16.1. The van der Waals surface area contributed by atoms with E-state index in [9.17, 15) is 0 Å². The van der Waals surface area contributed by atoms with Crippen molar-refractivity contribution in [2.24, 2.45) is 0 Å². The fraction of sp³-hybridized carbons (Fsp3) is 0.389. The van der Waals surface area contributed by atoms with Crippen molar-refractivity contribution in [3.05, 3.63) is 58.8 Å². The third-order valence-electron chi connectivity index (χ3n) is 3.30. The van der Waals surface area contributed by atoms with Gasteiger partial charge >= 0.3 is 0 Å². The van der Waals surface area contributed by atoms with Crippen LogP contribution < -0.4 is 5.32 Å². The number of pyridine rings is 1. The van der Waals surface area contributed by atoms with Crippen LogP contribution in [0, 0.1) is 13.8 Å². The molecule has 1 N–H and O–H groups in total. The Balaban J connectivity index is 1.94. The van der Waals surface area contributed by atoms with E-state index >= 15 is 0 Å². The first-order chi connectivity index (χ1) is 10.2. The Morgan fingerprint density at radius 1 is 1.14 bits per heavy atom. The number of hydrogen-bond donors (Lipinski definition) is 1. The topological polar surface area (TPSA) is 24.9 Å². The Hall–Kier alpha value is -1.32. The van der Waals surface area contributed by atoms with Gasteiger partial charge in [0, 0.05) is 18.5 Å². The van der Waals surface area contributed by atoms with Gasteiger partial charge in [-0.25, -0.2) is 4.98 Å². The Bertz CT molecular complexity index is 581. The summed E-state index contributed by atoms with van der Waals surface area (Å²) in [7, 11) is 0. The highest BCUT2D eigenvalue weighted by Gasteiger charge is 2.04. The second kappa shape index (κ2) is 8.20. The summed E-state index contributed by atoms with van der Waals surface area (Å²) in [5.74, 6) is 0.975. The van der Waals surface area contributed by atoms with Crippen molar-refractivity contribution in [3.8, 4) is 0 Å². The number of hydrogen-bond acceptors (Lipinski definition) is 3. The van der Waals surface area contributed by atoms with Crippen LogP contribution in [-0.4, -0.2) is 11.5 Å². The third kappa shape index (κ3) is 5.18. The molecule has 0 aliphatic carbocycles. The molecule has 0 radical (unpaired) electrons. The minimum absolute atomic E-state index is 0.907. The molecule has 0 unspecified atom stereocenters. The van der Waals surface area contributed by atoms with Crippen molar-refractivity contribution in [2.45, 2.75) is 44.5 Å². The van der Waals surface area contributed by atoms with Crippen LogP contribution in [0.2, 0.25) is 0 Å². The molecular formula is C18H24N2S. The summed E-state index contributed by atoms with van der Waals surface area (Å²) in [5, 5.41) is 4.55. The molecule has 0 aliphatic rings. The maximum atomic E-state index is 4.62. The van der Waals surface area contributed by atoms with Gasteiger partial charge in [-0.05, 0) is 43.5 Å². The molecule has 2 nitrogen and oxygen atoms in total. The SMILES string of the molecule is CCCNCc1cnc(SCc2cccc(C)c2)c(C)c1. The second-order valence-electron chi connectivity index (χ2n) is 5.42. The van der Waals surface area contributed by atoms with Crippen molar-refractivity contribution >= 4 is 11.8 Å². The van der Waals surface area contributed by atoms with Crippen molar-refractivity contribution < 1.29 is 0 Å². The van der Waals surface area contributed by atoms with Gasteiger partial charge in [0.15, 0.2) is 0 Å². The Labute approximate surface area is 132 Å². The normalized spacial score (nSPS) is 10.8. The highest BCUT2D eigenvalue weighted by Crippen LogP contribution is 2.24. The van der Waals surface area contributed by atoms with Gasteiger partial charge in [0.05, 0.1) is 5.03 Å². The Morgan fingerprint density at radius 3 is 2.71 bits per heavy atom. The van der Waals surface area contributed by atoms with Gasteiger partial charge in [0.2, 0.25) is 0 Å². The predicted molar refractivity (Wildman–Crippen MR) is 91.7 cm³/mol. The standard InChI is InChI=1S/C18H24N2S/c1-4-8-19-11-17-10-15(3)18(20-12-17)21-13-16-7-5-6-14(2)9-16/h5-7,9-10,12,19H,4,8,11,13H2,1-3H3. The number of rotatable bonds is 7. The molecule has 0 amide bonds. The van der Waals surface area contributed by atoms with Gasteiger partial charge in [0.1, 0.15) is 0 Å². The van der Waals surface area contributed by atoms with Crippen LogP contribution in [0.4, 0.5) is 0 Å². The van der Waals surface area contributed by atoms with Crippen molar-refractivity contribution in [2.75, 3.05) is 6.54 Å². The van der Waals surface area contributed by atoms with Crippen LogP contribution in [0.5, 0.6) is 0 Å². The zero-order valence-electron chi connectivity index (χ0n) is 13.1. The summed E-state index contributed by atoms with van der Waals surface area (Å²) in [5.41, 5.74) is 5.20. The van der Waals surface area contributed by atoms with Gasteiger partial charge in [-0.3, -0.25) is 0 Å². The van der Waals surface area contributed by atoms with Crippen LogP contribution >= 0.6 is 11.8 Å². The van der Waals surface area contributed by atoms with E-state index in [4.69, 9.17) is 0 Å². The maximum Gasteiger partial charge on any atom is 0.0992 e. The van der Waals surface area contributed by atoms with Gasteiger partial charge in [-0.1, -0.05) is 42.8 Å². The third-order valence-corrected chi connectivity index (χ3v) is 4.48. The molecule has 21 heavy (non-hydrogen) atoms. The van der Waals surface area contributed by atoms with Crippen LogP contribution in [0.15, 0.2) is 41.6 Å². The van der Waals surface area contributed by atoms with E-state index in [2.05, 4.69) is 61.4 Å². The van der Waals surface area contributed by atoms with E-state index in [0.717, 1.165) is 30.3 Å². The fourth-order valence-electron chi connectivity index (χ4n) is 2.23. The molecule has 1 heterocycles. The van der Waals surface area contributed by atoms with Crippen molar-refractivity contribution in [3.63, 3.8) is 0 Å². The zero-order chi connectivity index (χ0) is 15.1. The number of nitrogens with one attached hydrogen (secondary N) is 1. The summed E-state index contributed by atoms with van der Waals surface area (Å²) in [4.78, 5) is 4.62. The van der Waals surface area contributed by atoms with Gasteiger partial charge in [-0.15, -0.1) is 11.8 Å². The number of benzene rings is 1. The number of thioether (sulfide) groups is 1. The highest BCUT2D eigenvalue weighted by molar-refractivity contribution is 7.98. The van der Waals surface area contributed by atoms with Crippen LogP contribution in [-0.2, 0) is 12.3 Å². The summed E-state index contributed by atoms with van der Waals surface area (Å²) in [6.45, 7) is 8.43. The van der Waals surface area contributed by atoms with E-state index in [1.165, 1.54) is 22.3 Å². The number of aromatic nitrogens is 1. The molecule has 1 aromatic heterocycles. The van der Waals surface area contributed by atoms with E-state index in [-0.39, 0.29) is 0 Å². The van der Waals surface area contributed by atoms with E-state index in [0.29, 0.717) is 0 Å². The fourth-order valence-corrected chi connectivity index (χ4v) is 3.13. The van der Waals surface area contributed by atoms with Crippen LogP contribution in [0.1, 0.15) is 35.6 Å². The summed E-state index contributed by atoms with van der Waals surface area (Å²) in [6, 6.07) is 10.9. The molecule has 1 aromatic carbocycles. The molecule has 0 spiro atoms. The van der Waals surface area contributed by atoms with E-state index in [1.54, 1.807) is 0 Å². The first-order valence-corrected chi connectivity index (χ1v) is 8.52. The molecule has 0 saturated carbocycles. The second-order valence-corrected chi connectivity index (χ2v) is 6.38. The van der Waals surface area contributed by atoms with Gasteiger partial charge in [0.25, 0.3) is 0 Å². The lowest BCUT2D eigenvalue weighted by Gasteiger charge is -2.08. The molecule has 0 aliphatic heterocycles. The lowest BCUT2D eigenvalue weighted by atomic mass is 10.2. The Morgan fingerprint density at radius 2 is 2.00 bits per heavy atom. The number of nitrogens with zero attached hydrogens (tertiary/aromatic N) is 1. The minimum atomic E-state index is 0.907. The van der Waals surface area contributed by atoms with Crippen molar-refractivity contribution in [1.82, 2.24) is 10.3 Å². The molecule has 0 fully saturated rings. The minimum Gasteiger partial charge on any atom is -0.313 e. The molecule has 2 aromatic rings.